The molecule has 3 rings (SSSR count). The van der Waals surface area contributed by atoms with E-state index in [9.17, 15) is 5.11 Å². The summed E-state index contributed by atoms with van der Waals surface area (Å²) in [7, 11) is 0. The van der Waals surface area contributed by atoms with E-state index in [1.165, 1.54) is 70.6 Å². The Morgan fingerprint density at radius 2 is 1.06 bits per heavy atom. The van der Waals surface area contributed by atoms with E-state index in [1.54, 1.807) is 0 Å². The molecule has 1 nitrogen and oxygen atoms in total. The highest BCUT2D eigenvalue weighted by molar-refractivity contribution is 5.16. The molecule has 0 bridgehead atoms. The lowest BCUT2D eigenvalue weighted by Gasteiger charge is -2.26. The van der Waals surface area contributed by atoms with E-state index in [-0.39, 0.29) is 5.60 Å². The van der Waals surface area contributed by atoms with Crippen LogP contribution in [-0.2, 0) is 0 Å². The fourth-order valence-electron chi connectivity index (χ4n) is 4.66. The normalized spacial score (nSPS) is 45.6. The number of hydrogen-bond donors (Lipinski definition) is 1. The number of rotatable bonds is 1. The molecule has 3 aliphatic carbocycles. The van der Waals surface area contributed by atoms with Gasteiger partial charge in [0.1, 0.15) is 0 Å². The topological polar surface area (TPSA) is 20.2 Å². The van der Waals surface area contributed by atoms with Gasteiger partial charge in [-0.3, -0.25) is 0 Å². The first kappa shape index (κ1) is 11.1. The summed E-state index contributed by atoms with van der Waals surface area (Å²) in [4.78, 5) is 0. The maximum Gasteiger partial charge on any atom is 0.0739 e. The van der Waals surface area contributed by atoms with Crippen molar-refractivity contribution in [1.29, 1.82) is 0 Å². The molecule has 1 N–H and O–H groups in total. The van der Waals surface area contributed by atoms with Gasteiger partial charge in [-0.15, -0.1) is 0 Å². The zero-order chi connectivity index (χ0) is 11.0. The Hall–Kier alpha value is -0.0400. The summed E-state index contributed by atoms with van der Waals surface area (Å²) in [5.41, 5.74) is -0.201. The first-order chi connectivity index (χ1) is 7.83. The van der Waals surface area contributed by atoms with Crippen molar-refractivity contribution in [1.82, 2.24) is 0 Å². The molecule has 0 aromatic rings. The lowest BCUT2D eigenvalue weighted by atomic mass is 9.84. The number of hydrogen-bond acceptors (Lipinski definition) is 1. The van der Waals surface area contributed by atoms with Gasteiger partial charge < -0.3 is 5.11 Å². The third kappa shape index (κ3) is 1.72. The number of fused-ring (bicyclic) bond motifs is 1. The van der Waals surface area contributed by atoms with Crippen LogP contribution in [0.4, 0.5) is 0 Å². The Balaban J connectivity index is 1.66. The van der Waals surface area contributed by atoms with Crippen molar-refractivity contribution in [2.24, 2.45) is 17.8 Å². The van der Waals surface area contributed by atoms with Crippen molar-refractivity contribution < 1.29 is 5.11 Å². The molecule has 0 heterocycles. The maximum absolute atomic E-state index is 10.9. The van der Waals surface area contributed by atoms with Gasteiger partial charge in [-0.2, -0.15) is 0 Å². The van der Waals surface area contributed by atoms with Gasteiger partial charge in [-0.1, -0.05) is 44.9 Å². The Kier molecular flexibility index (Phi) is 2.99. The standard InChI is InChI=1S/C15H26O/c16-15(13-10-6-7-11-14(13)15)12-8-4-2-1-3-5-9-12/h12-14,16H,1-11H2. The minimum atomic E-state index is -0.201. The highest BCUT2D eigenvalue weighted by Crippen LogP contribution is 2.63. The summed E-state index contributed by atoms with van der Waals surface area (Å²) in [6.45, 7) is 0. The van der Waals surface area contributed by atoms with Crippen LogP contribution in [0.1, 0.15) is 70.6 Å². The molecule has 0 aliphatic heterocycles. The molecule has 2 unspecified atom stereocenters. The van der Waals surface area contributed by atoms with Crippen molar-refractivity contribution in [2.45, 2.75) is 76.2 Å². The molecule has 0 aromatic carbocycles. The maximum atomic E-state index is 10.9. The molecule has 0 spiro atoms. The molecule has 0 radical (unpaired) electrons. The fourth-order valence-corrected chi connectivity index (χ4v) is 4.66. The van der Waals surface area contributed by atoms with E-state index in [0.29, 0.717) is 17.8 Å². The molecule has 0 amide bonds. The van der Waals surface area contributed by atoms with Gasteiger partial charge in [0, 0.05) is 0 Å². The summed E-state index contributed by atoms with van der Waals surface area (Å²) in [5, 5.41) is 10.9. The second kappa shape index (κ2) is 4.33. The molecule has 16 heavy (non-hydrogen) atoms. The predicted molar refractivity (Wildman–Crippen MR) is 66.2 cm³/mol. The van der Waals surface area contributed by atoms with Crippen LogP contribution in [0.5, 0.6) is 0 Å². The van der Waals surface area contributed by atoms with Gasteiger partial charge in [0.05, 0.1) is 5.60 Å². The smallest absolute Gasteiger partial charge is 0.0739 e. The van der Waals surface area contributed by atoms with Crippen LogP contribution >= 0.6 is 0 Å². The SMILES string of the molecule is OC1(C2CCCCCCC2)C2CCCCC21. The van der Waals surface area contributed by atoms with Crippen LogP contribution in [0.25, 0.3) is 0 Å². The molecule has 3 aliphatic rings. The molecular formula is C15H26O. The molecule has 3 fully saturated rings. The van der Waals surface area contributed by atoms with Crippen molar-refractivity contribution >= 4 is 0 Å². The van der Waals surface area contributed by atoms with Gasteiger partial charge in [-0.25, -0.2) is 0 Å². The molecule has 0 aromatic heterocycles. The minimum absolute atomic E-state index is 0.201. The first-order valence-corrected chi connectivity index (χ1v) is 7.56. The van der Waals surface area contributed by atoms with E-state index < -0.39 is 0 Å². The quantitative estimate of drug-likeness (QED) is 0.713. The fraction of sp³-hybridized carbons (Fsp3) is 1.00. The summed E-state index contributed by atoms with van der Waals surface area (Å²) in [6, 6.07) is 0. The molecule has 92 valence electrons. The van der Waals surface area contributed by atoms with Crippen molar-refractivity contribution in [2.75, 3.05) is 0 Å². The summed E-state index contributed by atoms with van der Waals surface area (Å²) < 4.78 is 0. The Morgan fingerprint density at radius 1 is 0.625 bits per heavy atom. The lowest BCUT2D eigenvalue weighted by Crippen LogP contribution is -2.27. The Bertz CT molecular complexity index is 228. The van der Waals surface area contributed by atoms with E-state index >= 15 is 0 Å². The zero-order valence-corrected chi connectivity index (χ0v) is 10.5. The Morgan fingerprint density at radius 3 is 1.62 bits per heavy atom. The van der Waals surface area contributed by atoms with Gasteiger partial charge in [0.2, 0.25) is 0 Å². The van der Waals surface area contributed by atoms with E-state index in [0.717, 1.165) is 0 Å². The average Bonchev–Trinajstić information content (AvgIpc) is 2.86. The average molecular weight is 222 g/mol. The highest BCUT2D eigenvalue weighted by Gasteiger charge is 2.66. The largest absolute Gasteiger partial charge is 0.389 e. The molecule has 3 saturated carbocycles. The van der Waals surface area contributed by atoms with Crippen LogP contribution in [0, 0.1) is 17.8 Å². The Labute approximate surface area is 99.6 Å². The minimum Gasteiger partial charge on any atom is -0.389 e. The number of aliphatic hydroxyl groups is 1. The van der Waals surface area contributed by atoms with Crippen LogP contribution in [0.15, 0.2) is 0 Å². The summed E-state index contributed by atoms with van der Waals surface area (Å²) in [5.74, 6) is 2.05. The van der Waals surface area contributed by atoms with Crippen LogP contribution in [0.2, 0.25) is 0 Å². The van der Waals surface area contributed by atoms with Crippen LogP contribution in [-0.4, -0.2) is 10.7 Å². The van der Waals surface area contributed by atoms with Crippen molar-refractivity contribution in [3.8, 4) is 0 Å². The summed E-state index contributed by atoms with van der Waals surface area (Å²) in [6.07, 6.45) is 15.0. The zero-order valence-electron chi connectivity index (χ0n) is 10.5. The predicted octanol–water partition coefficient (Wildman–Crippen LogP) is 3.90. The second-order valence-electron chi connectivity index (χ2n) is 6.43. The van der Waals surface area contributed by atoms with E-state index in [4.69, 9.17) is 0 Å². The third-order valence-electron chi connectivity index (χ3n) is 5.60. The van der Waals surface area contributed by atoms with Gasteiger partial charge in [0.15, 0.2) is 0 Å². The van der Waals surface area contributed by atoms with Crippen LogP contribution < -0.4 is 0 Å². The monoisotopic (exact) mass is 222 g/mol. The van der Waals surface area contributed by atoms with Gasteiger partial charge in [-0.05, 0) is 43.4 Å². The second-order valence-corrected chi connectivity index (χ2v) is 6.43. The third-order valence-corrected chi connectivity index (χ3v) is 5.60. The first-order valence-electron chi connectivity index (χ1n) is 7.56. The van der Waals surface area contributed by atoms with E-state index in [2.05, 4.69) is 0 Å². The molecule has 0 saturated heterocycles. The molecular weight excluding hydrogens is 196 g/mol. The lowest BCUT2D eigenvalue weighted by molar-refractivity contribution is 0.0397. The van der Waals surface area contributed by atoms with Crippen molar-refractivity contribution in [3.05, 3.63) is 0 Å². The van der Waals surface area contributed by atoms with Gasteiger partial charge >= 0.3 is 0 Å². The highest BCUT2D eigenvalue weighted by atomic mass is 16.3. The van der Waals surface area contributed by atoms with Crippen molar-refractivity contribution in [3.63, 3.8) is 0 Å². The van der Waals surface area contributed by atoms with Crippen LogP contribution in [0.3, 0.4) is 0 Å². The summed E-state index contributed by atoms with van der Waals surface area (Å²) >= 11 is 0. The molecule has 2 atom stereocenters. The molecule has 1 heteroatoms. The van der Waals surface area contributed by atoms with E-state index in [1.807, 2.05) is 0 Å². The van der Waals surface area contributed by atoms with Gasteiger partial charge in [0.25, 0.3) is 0 Å².